The van der Waals surface area contributed by atoms with Crippen LogP contribution in [0.4, 0.5) is 0 Å². The van der Waals surface area contributed by atoms with Crippen molar-refractivity contribution in [1.82, 2.24) is 0 Å². The molecule has 40 valence electrons. The van der Waals surface area contributed by atoms with Crippen molar-refractivity contribution in [2.45, 2.75) is 6.42 Å². The maximum Gasteiger partial charge on any atom is -0.00212 e. The van der Waals surface area contributed by atoms with Crippen molar-refractivity contribution in [2.75, 3.05) is 0 Å². The number of hydrogen-bond donors (Lipinski definition) is 0. The molecule has 1 aliphatic carbocycles. The number of hydrogen-bond acceptors (Lipinski definition) is 0. The highest BCUT2D eigenvalue weighted by Crippen LogP contribution is 2.05. The summed E-state index contributed by atoms with van der Waals surface area (Å²) in [6.07, 6.45) is 8.78. The van der Waals surface area contributed by atoms with E-state index in [2.05, 4.69) is 12.3 Å². The van der Waals surface area contributed by atoms with Gasteiger partial charge in [-0.05, 0) is 24.1 Å². The van der Waals surface area contributed by atoms with E-state index >= 15 is 0 Å². The average Bonchev–Trinajstić information content (AvgIpc) is 1.90. The minimum atomic E-state index is 0.986. The zero-order chi connectivity index (χ0) is 5.82. The normalized spacial score (nSPS) is 15.8. The third kappa shape index (κ3) is 0.988. The first-order valence-electron chi connectivity index (χ1n) is 2.66. The Hall–Kier alpha value is -1.00. The summed E-state index contributed by atoms with van der Waals surface area (Å²) in [6.45, 7) is 3.65. The lowest BCUT2D eigenvalue weighted by Gasteiger charge is -1.94. The van der Waals surface area contributed by atoms with Gasteiger partial charge in [-0.2, -0.15) is 0 Å². The molecule has 0 aromatic carbocycles. The van der Waals surface area contributed by atoms with Crippen molar-refractivity contribution in [2.24, 2.45) is 0 Å². The molecule has 0 heteroatoms. The van der Waals surface area contributed by atoms with E-state index in [1.54, 1.807) is 0 Å². The van der Waals surface area contributed by atoms with Gasteiger partial charge in [0.15, 0.2) is 0 Å². The highest BCUT2D eigenvalue weighted by molar-refractivity contribution is 5.27. The van der Waals surface area contributed by atoms with Crippen molar-refractivity contribution >= 4 is 0 Å². The van der Waals surface area contributed by atoms with Crippen LogP contribution in [0.5, 0.6) is 0 Å². The summed E-state index contributed by atoms with van der Waals surface area (Å²) in [4.78, 5) is 0. The van der Waals surface area contributed by atoms with Crippen LogP contribution in [0.15, 0.2) is 42.2 Å². The van der Waals surface area contributed by atoms with E-state index in [4.69, 9.17) is 0 Å². The second-order valence-electron chi connectivity index (χ2n) is 1.69. The third-order valence-electron chi connectivity index (χ3n) is 1.11. The number of allylic oxidation sites excluding steroid dienone is 4. The van der Waals surface area contributed by atoms with E-state index in [9.17, 15) is 0 Å². The summed E-state index contributed by atoms with van der Waals surface area (Å²) in [5.41, 5.74) is 4.24. The lowest BCUT2D eigenvalue weighted by molar-refractivity contribution is 1.28. The molecule has 0 aromatic rings. The van der Waals surface area contributed by atoms with Crippen LogP contribution in [0.1, 0.15) is 6.42 Å². The van der Waals surface area contributed by atoms with Crippen LogP contribution < -0.4 is 0 Å². The van der Waals surface area contributed by atoms with Gasteiger partial charge in [-0.15, -0.1) is 5.73 Å². The van der Waals surface area contributed by atoms with E-state index < -0.39 is 0 Å². The monoisotopic (exact) mass is 104 g/mol. The van der Waals surface area contributed by atoms with Gasteiger partial charge in [-0.3, -0.25) is 0 Å². The Kier molecular flexibility index (Phi) is 1.51. The topological polar surface area (TPSA) is 0 Å². The van der Waals surface area contributed by atoms with Gasteiger partial charge in [0.05, 0.1) is 0 Å². The first-order valence-corrected chi connectivity index (χ1v) is 2.66. The quantitative estimate of drug-likeness (QED) is 0.447. The second-order valence-corrected chi connectivity index (χ2v) is 1.69. The molecular formula is C8H8. The standard InChI is InChI=1S/C8H8/c1-2-8-6-4-3-5-7-8/h2,4-6H,1,7H2. The van der Waals surface area contributed by atoms with Crippen molar-refractivity contribution in [3.8, 4) is 0 Å². The van der Waals surface area contributed by atoms with Crippen LogP contribution in [-0.4, -0.2) is 0 Å². The highest BCUT2D eigenvalue weighted by Gasteiger charge is 1.86. The Bertz CT molecular complexity index is 176. The van der Waals surface area contributed by atoms with Crippen molar-refractivity contribution < 1.29 is 0 Å². The van der Waals surface area contributed by atoms with Gasteiger partial charge < -0.3 is 0 Å². The molecule has 1 aliphatic rings. The van der Waals surface area contributed by atoms with E-state index in [0.29, 0.717) is 0 Å². The summed E-state index contributed by atoms with van der Waals surface area (Å²) in [6, 6.07) is 0. The molecule has 0 aliphatic heterocycles. The molecule has 0 aromatic heterocycles. The minimum Gasteiger partial charge on any atom is -0.125 e. The fourth-order valence-corrected chi connectivity index (χ4v) is 0.619. The van der Waals surface area contributed by atoms with Gasteiger partial charge >= 0.3 is 0 Å². The van der Waals surface area contributed by atoms with Crippen molar-refractivity contribution in [3.05, 3.63) is 42.2 Å². The van der Waals surface area contributed by atoms with Gasteiger partial charge in [-0.1, -0.05) is 18.7 Å². The Morgan fingerprint density at radius 2 is 2.62 bits per heavy atom. The third-order valence-corrected chi connectivity index (χ3v) is 1.11. The van der Waals surface area contributed by atoms with E-state index in [0.717, 1.165) is 6.42 Å². The fourth-order valence-electron chi connectivity index (χ4n) is 0.619. The molecule has 0 saturated carbocycles. The van der Waals surface area contributed by atoms with Crippen molar-refractivity contribution in [1.29, 1.82) is 0 Å². The molecule has 0 heterocycles. The Balaban J connectivity index is 2.76. The lowest BCUT2D eigenvalue weighted by Crippen LogP contribution is -1.74. The highest BCUT2D eigenvalue weighted by atomic mass is 13.9. The van der Waals surface area contributed by atoms with Gasteiger partial charge in [-0.25, -0.2) is 0 Å². The molecule has 0 bridgehead atoms. The molecule has 0 amide bonds. The zero-order valence-electron chi connectivity index (χ0n) is 4.72. The van der Waals surface area contributed by atoms with Crippen LogP contribution in [-0.2, 0) is 0 Å². The van der Waals surface area contributed by atoms with E-state index in [-0.39, 0.29) is 0 Å². The molecule has 0 unspecified atom stereocenters. The predicted molar refractivity (Wildman–Crippen MR) is 35.5 cm³/mol. The molecule has 0 fully saturated rings. The largest absolute Gasteiger partial charge is 0.125 e. The molecule has 1 rings (SSSR count). The molecule has 0 saturated heterocycles. The smallest absolute Gasteiger partial charge is 0.00212 e. The van der Waals surface area contributed by atoms with Gasteiger partial charge in [0.1, 0.15) is 0 Å². The maximum atomic E-state index is 3.65. The molecule has 0 N–H and O–H groups in total. The molecule has 0 spiro atoms. The summed E-state index contributed by atoms with van der Waals surface area (Å²) in [5.74, 6) is 0. The lowest BCUT2D eigenvalue weighted by atomic mass is 10.1. The summed E-state index contributed by atoms with van der Waals surface area (Å²) >= 11 is 0. The molecule has 0 atom stereocenters. The Labute approximate surface area is 49.5 Å². The first kappa shape index (κ1) is 5.14. The Morgan fingerprint density at radius 3 is 3.00 bits per heavy atom. The molecule has 0 nitrogen and oxygen atoms in total. The van der Waals surface area contributed by atoms with Crippen molar-refractivity contribution in [3.63, 3.8) is 0 Å². The number of rotatable bonds is 1. The fraction of sp³-hybridized carbons (Fsp3) is 0.125. The van der Waals surface area contributed by atoms with Crippen LogP contribution in [0.3, 0.4) is 0 Å². The minimum absolute atomic E-state index is 0.986. The zero-order valence-corrected chi connectivity index (χ0v) is 4.72. The summed E-state index contributed by atoms with van der Waals surface area (Å²) < 4.78 is 0. The summed E-state index contributed by atoms with van der Waals surface area (Å²) in [5, 5.41) is 0. The van der Waals surface area contributed by atoms with Gasteiger partial charge in [0.2, 0.25) is 0 Å². The maximum absolute atomic E-state index is 3.65. The van der Waals surface area contributed by atoms with E-state index in [1.165, 1.54) is 5.57 Å². The predicted octanol–water partition coefficient (Wildman–Crippen LogP) is 2.21. The second kappa shape index (κ2) is 2.34. The molecule has 8 heavy (non-hydrogen) atoms. The molecule has 0 radical (unpaired) electrons. The van der Waals surface area contributed by atoms with Crippen LogP contribution in [0, 0.1) is 0 Å². The van der Waals surface area contributed by atoms with Gasteiger partial charge in [0.25, 0.3) is 0 Å². The van der Waals surface area contributed by atoms with Crippen LogP contribution >= 0.6 is 0 Å². The van der Waals surface area contributed by atoms with Crippen LogP contribution in [0.25, 0.3) is 0 Å². The molecular weight excluding hydrogens is 96.1 g/mol. The van der Waals surface area contributed by atoms with E-state index in [1.807, 2.05) is 24.3 Å². The first-order chi connectivity index (χ1) is 3.93. The van der Waals surface area contributed by atoms with Gasteiger partial charge in [0, 0.05) is 0 Å². The van der Waals surface area contributed by atoms with Crippen LogP contribution in [0.2, 0.25) is 0 Å². The summed E-state index contributed by atoms with van der Waals surface area (Å²) in [7, 11) is 0. The SMILES string of the molecule is C=CC1=CC=C=CC1. The Morgan fingerprint density at radius 1 is 1.75 bits per heavy atom. The average molecular weight is 104 g/mol.